The fraction of sp³-hybridized carbons (Fsp3) is 0.0417. The SMILES string of the molecule is CC(=O)C=C(C)O.O=C(C=C(O)c1ccccc1)C(F)(F)F.O=C(C=C(O)c1cccs1)C(F)(F)F.O=C(O)c1ccccn1.[C-]#[N+]c1c(F)c[c-]c(-c2ccccn2)c1F.[Dy].[Eu].[Ir].[Ir].[Tb].[c-]1cc2ccccc2cc1-c1nccc2ccccc12.c1cnc2c(c1)ccc1cccnc12.c1cnc2c(c1)ccc1cccnc12.c1cnc2c(c1)ccc1cccnc12. The molecule has 0 saturated heterocycles. The molecule has 0 spiro atoms. The summed E-state index contributed by atoms with van der Waals surface area (Å²) in [5.74, 6) is -8.39. The molecular weight excluding hydrogens is 2460 g/mol. The Kier molecular flexibility index (Phi) is 45.5. The molecule has 656 valence electrons. The first-order valence-corrected chi connectivity index (χ1v) is 37.5. The van der Waals surface area contributed by atoms with E-state index in [0.717, 1.165) is 94.1 Å². The van der Waals surface area contributed by atoms with Crippen LogP contribution >= 0.6 is 11.3 Å². The quantitative estimate of drug-likeness (QED) is 0.0362. The molecule has 0 aliphatic rings. The number of hydrogen-bond donors (Lipinski definition) is 4. The molecule has 8 aromatic carbocycles. The molecule has 0 atom stereocenters. The maximum atomic E-state index is 13.7. The molecule has 32 heteroatoms. The summed E-state index contributed by atoms with van der Waals surface area (Å²) in [5.41, 5.74) is 7.85. The number of carbonyl (C=O) groups excluding carboxylic acids is 3. The van der Waals surface area contributed by atoms with Gasteiger partial charge in [0.2, 0.25) is 0 Å². The average molecular weight is 2530 g/mol. The number of benzene rings is 8. The van der Waals surface area contributed by atoms with Crippen molar-refractivity contribution < 1.29 is 241 Å². The van der Waals surface area contributed by atoms with Crippen LogP contribution in [0.15, 0.2) is 346 Å². The number of aliphatic hydroxyl groups excluding tert-OH is 3. The maximum Gasteiger partial charge on any atom is 0.454 e. The van der Waals surface area contributed by atoms with Gasteiger partial charge < -0.3 is 30.4 Å². The number of allylic oxidation sites excluding steroid dienone is 4. The standard InChI is InChI=1S/C19H12N.C12H5F2N2.3C12H8N2.C10H7F3O2.C8H5F3O2S.C6H5NO2.C5H8O2.Dy.Eu.2Ir.Tb/c1-2-7-16-13-17(10-9-14(16)5-1)19-18-8-4-3-6-15(18)11-12-20-19;1-15-12-9(13)6-5-8(11(12)14)10-4-2-3-7-16-10;3*1-3-9-5-6-10-4-2-8-14-12(10)11(9)13-7-1;11-10(12,13)9(15)6-8(14)7-4-2-1-3-5-7;9-8(10,11)7(13)4-5(12)6-2-1-3-14-6;8-6(9)5-3-1-2-4-7-5;1-4(6)3-5(2)7;;;;;/h1-9,11-13H;2-4,6-7H;3*1-8H;1-6,14H;1-4,12H;1-4H,(H,8,9);3,6H,1-2H3;;;;;/q2*-1;;;;;;;;;;;;. The van der Waals surface area contributed by atoms with Gasteiger partial charge in [0.1, 0.15) is 17.2 Å². The van der Waals surface area contributed by atoms with E-state index in [2.05, 4.69) is 183 Å². The number of fused-ring (bicyclic) bond motifs is 11. The summed E-state index contributed by atoms with van der Waals surface area (Å²) in [7, 11) is 0. The number of carbonyl (C=O) groups is 4. The number of aromatic nitrogens is 9. The van der Waals surface area contributed by atoms with Crippen LogP contribution in [0.25, 0.3) is 126 Å². The van der Waals surface area contributed by atoms with E-state index in [4.69, 9.17) is 21.9 Å². The van der Waals surface area contributed by atoms with Crippen LogP contribution in [-0.4, -0.2) is 101 Å². The Balaban J connectivity index is 0.000000257. The van der Waals surface area contributed by atoms with Crippen molar-refractivity contribution >= 4 is 139 Å². The number of carboxylic acids is 1. The Hall–Kier alpha value is -10.6. The molecule has 10 aromatic heterocycles. The second kappa shape index (κ2) is 54.0. The van der Waals surface area contributed by atoms with E-state index < -0.39 is 58.7 Å². The van der Waals surface area contributed by atoms with Gasteiger partial charge in [-0.1, -0.05) is 181 Å². The van der Waals surface area contributed by atoms with Crippen molar-refractivity contribution in [1.29, 1.82) is 0 Å². The molecule has 128 heavy (non-hydrogen) atoms. The minimum absolute atomic E-state index is 0. The molecule has 4 radical (unpaired) electrons. The second-order valence-corrected chi connectivity index (χ2v) is 26.5. The van der Waals surface area contributed by atoms with Crippen molar-refractivity contribution in [3.63, 3.8) is 0 Å². The molecule has 18 rings (SSSR count). The van der Waals surface area contributed by atoms with Crippen molar-refractivity contribution in [3.05, 3.63) is 397 Å². The number of aliphatic hydroxyl groups is 3. The number of thiophene rings is 1. The molecule has 18 nitrogen and oxygen atoms in total. The molecule has 18 aromatic rings. The summed E-state index contributed by atoms with van der Waals surface area (Å²) >= 11 is 1.05. The third-order valence-electron chi connectivity index (χ3n) is 16.9. The van der Waals surface area contributed by atoms with Crippen LogP contribution in [-0.2, 0) is 54.6 Å². The van der Waals surface area contributed by atoms with E-state index in [-0.39, 0.29) is 212 Å². The van der Waals surface area contributed by atoms with Crippen molar-refractivity contribution in [2.75, 3.05) is 0 Å². The first kappa shape index (κ1) is 108. The molecule has 10 heterocycles. The summed E-state index contributed by atoms with van der Waals surface area (Å²) in [4.78, 5) is 82.2. The Morgan fingerprint density at radius 2 is 0.828 bits per heavy atom. The molecule has 0 amide bonds. The Morgan fingerprint density at radius 1 is 0.422 bits per heavy atom. The van der Waals surface area contributed by atoms with Gasteiger partial charge in [-0.2, -0.15) is 26.3 Å². The minimum atomic E-state index is -4.96. The number of hydrogen-bond acceptors (Lipinski definition) is 17. The van der Waals surface area contributed by atoms with Gasteiger partial charge in [-0.25, -0.2) is 9.78 Å². The molecule has 0 fully saturated rings. The predicted octanol–water partition coefficient (Wildman–Crippen LogP) is 23.9. The van der Waals surface area contributed by atoms with Gasteiger partial charge in [0, 0.05) is 290 Å². The number of aromatic carboxylic acids is 1. The van der Waals surface area contributed by atoms with E-state index in [1.807, 2.05) is 60.8 Å². The maximum absolute atomic E-state index is 13.7. The Labute approximate surface area is 860 Å². The number of alkyl halides is 6. The van der Waals surface area contributed by atoms with Crippen molar-refractivity contribution in [3.8, 4) is 22.5 Å². The topological polar surface area (TPSA) is 270 Å². The molecule has 0 saturated carbocycles. The van der Waals surface area contributed by atoms with Crippen LogP contribution in [0.5, 0.6) is 0 Å². The van der Waals surface area contributed by atoms with E-state index in [1.54, 1.807) is 85.0 Å². The van der Waals surface area contributed by atoms with Gasteiger partial charge in [0.25, 0.3) is 11.6 Å². The van der Waals surface area contributed by atoms with Gasteiger partial charge in [-0.05, 0) is 108 Å². The number of pyridine rings is 9. The van der Waals surface area contributed by atoms with E-state index in [1.165, 1.54) is 90.3 Å². The van der Waals surface area contributed by atoms with Gasteiger partial charge in [0.15, 0.2) is 11.5 Å². The van der Waals surface area contributed by atoms with E-state index in [9.17, 15) is 59.4 Å². The zero-order valence-electron chi connectivity index (χ0n) is 66.4. The summed E-state index contributed by atoms with van der Waals surface area (Å²) in [6.45, 7) is 9.54. The van der Waals surface area contributed by atoms with Crippen LogP contribution in [0.4, 0.5) is 40.8 Å². The van der Waals surface area contributed by atoms with Crippen LogP contribution in [0.3, 0.4) is 0 Å². The largest absolute Gasteiger partial charge is 0.512 e. The number of nitrogens with zero attached hydrogens (tertiary/aromatic N) is 10. The smallest absolute Gasteiger partial charge is 0.454 e. The summed E-state index contributed by atoms with van der Waals surface area (Å²) in [6.07, 6.45) is 7.22. The van der Waals surface area contributed by atoms with Gasteiger partial charge >= 0.3 is 18.3 Å². The van der Waals surface area contributed by atoms with E-state index >= 15 is 0 Å². The Morgan fingerprint density at radius 3 is 1.21 bits per heavy atom. The third kappa shape index (κ3) is 31.9. The summed E-state index contributed by atoms with van der Waals surface area (Å²) in [5, 5.41) is 48.2. The first-order chi connectivity index (χ1) is 59.3. The van der Waals surface area contributed by atoms with Crippen LogP contribution in [0.2, 0.25) is 0 Å². The Bertz CT molecular complexity index is 6450. The van der Waals surface area contributed by atoms with Crippen molar-refractivity contribution in [1.82, 2.24) is 44.9 Å². The molecule has 0 bridgehead atoms. The predicted molar refractivity (Wildman–Crippen MR) is 462 cm³/mol. The van der Waals surface area contributed by atoms with Gasteiger partial charge in [0.05, 0.1) is 50.3 Å². The van der Waals surface area contributed by atoms with Crippen LogP contribution in [0, 0.1) is 157 Å². The molecule has 0 aliphatic carbocycles. The normalized spacial score (nSPS) is 10.6. The molecular formula is C96H66DyEuF8Ir2N10O8STb-2. The van der Waals surface area contributed by atoms with Gasteiger partial charge in [-0.15, -0.1) is 58.2 Å². The number of rotatable bonds is 8. The molecule has 4 N–H and O–H groups in total. The third-order valence-corrected chi connectivity index (χ3v) is 17.8. The summed E-state index contributed by atoms with van der Waals surface area (Å²) < 4.78 is 97.4. The monoisotopic (exact) mass is 2530 g/mol. The molecule has 0 aliphatic heterocycles. The summed E-state index contributed by atoms with van der Waals surface area (Å²) in [6, 6.07) is 86.2. The average Bonchev–Trinajstić information content (AvgIpc) is 0.880. The first-order valence-electron chi connectivity index (χ1n) is 36.6. The number of ketones is 3. The fourth-order valence-corrected chi connectivity index (χ4v) is 12.0. The minimum Gasteiger partial charge on any atom is -0.512 e. The van der Waals surface area contributed by atoms with Gasteiger partial charge in [-0.3, -0.25) is 57.9 Å². The zero-order valence-corrected chi connectivity index (χ0v) is 78.6. The van der Waals surface area contributed by atoms with Crippen LogP contribution in [0.1, 0.15) is 34.8 Å². The van der Waals surface area contributed by atoms with Crippen molar-refractivity contribution in [2.45, 2.75) is 26.2 Å². The second-order valence-electron chi connectivity index (χ2n) is 25.5. The zero-order chi connectivity index (χ0) is 87.8. The van der Waals surface area contributed by atoms with Crippen LogP contribution < -0.4 is 0 Å². The van der Waals surface area contributed by atoms with E-state index in [0.29, 0.717) is 5.69 Å². The molecule has 0 unspecified atom stereocenters. The number of halogens is 8. The van der Waals surface area contributed by atoms with Crippen molar-refractivity contribution in [2.24, 2.45) is 0 Å². The fourth-order valence-electron chi connectivity index (χ4n) is 11.3. The number of carboxylic acid groups (broad SMARTS) is 1.